The minimum atomic E-state index is 0.431. The van der Waals surface area contributed by atoms with E-state index in [2.05, 4.69) is 15.6 Å². The molecule has 1 fully saturated rings. The summed E-state index contributed by atoms with van der Waals surface area (Å²) < 4.78 is 0. The molecule has 1 aromatic heterocycles. The van der Waals surface area contributed by atoms with Crippen molar-refractivity contribution in [1.29, 1.82) is 0 Å². The molecule has 0 radical (unpaired) electrons. The fourth-order valence-corrected chi connectivity index (χ4v) is 4.16. The second kappa shape index (κ2) is 8.09. The van der Waals surface area contributed by atoms with E-state index in [-0.39, 0.29) is 0 Å². The average molecular weight is 422 g/mol. The zero-order valence-electron chi connectivity index (χ0n) is 14.6. The predicted molar refractivity (Wildman–Crippen MR) is 115 cm³/mol. The van der Waals surface area contributed by atoms with Crippen molar-refractivity contribution in [2.75, 3.05) is 10.6 Å². The van der Waals surface area contributed by atoms with Crippen LogP contribution in [0.2, 0.25) is 15.1 Å². The summed E-state index contributed by atoms with van der Waals surface area (Å²) in [4.78, 5) is 9.33. The zero-order valence-corrected chi connectivity index (χ0v) is 16.9. The quantitative estimate of drug-likeness (QED) is 0.472. The first-order chi connectivity index (χ1) is 13.1. The van der Waals surface area contributed by atoms with E-state index in [0.29, 0.717) is 27.1 Å². The van der Waals surface area contributed by atoms with Crippen molar-refractivity contribution in [3.63, 3.8) is 0 Å². The van der Waals surface area contributed by atoms with Crippen molar-refractivity contribution in [2.45, 2.75) is 38.1 Å². The number of fused-ring (bicyclic) bond motifs is 1. The maximum atomic E-state index is 6.18. The largest absolute Gasteiger partial charge is 0.367 e. The topological polar surface area (TPSA) is 49.8 Å². The van der Waals surface area contributed by atoms with E-state index >= 15 is 0 Å². The lowest BCUT2D eigenvalue weighted by molar-refractivity contribution is 0.462. The standard InChI is InChI=1S/C20H19Cl3N4/c21-12-6-7-17-18(11-12)26-20(25-16-9-13(22)8-14(23)10-16)27-19(17)24-15-4-2-1-3-5-15/h6-11,15H,1-5H2,(H2,24,25,26,27). The molecule has 0 aliphatic heterocycles. The summed E-state index contributed by atoms with van der Waals surface area (Å²) in [5, 5.41) is 9.51. The Morgan fingerprint density at radius 2 is 1.56 bits per heavy atom. The molecule has 4 nitrogen and oxygen atoms in total. The van der Waals surface area contributed by atoms with Gasteiger partial charge >= 0.3 is 0 Å². The average Bonchev–Trinajstić information content (AvgIpc) is 2.61. The van der Waals surface area contributed by atoms with Crippen LogP contribution in [0.5, 0.6) is 0 Å². The van der Waals surface area contributed by atoms with Gasteiger partial charge in [0, 0.05) is 32.2 Å². The highest BCUT2D eigenvalue weighted by Crippen LogP contribution is 2.30. The van der Waals surface area contributed by atoms with E-state index in [9.17, 15) is 0 Å². The molecule has 0 unspecified atom stereocenters. The Hall–Kier alpha value is -1.75. The summed E-state index contributed by atoms with van der Waals surface area (Å²) in [6, 6.07) is 11.4. The van der Waals surface area contributed by atoms with Gasteiger partial charge in [-0.1, -0.05) is 54.1 Å². The lowest BCUT2D eigenvalue weighted by atomic mass is 9.95. The lowest BCUT2D eigenvalue weighted by Gasteiger charge is -2.24. The number of benzene rings is 2. The van der Waals surface area contributed by atoms with Gasteiger partial charge in [-0.25, -0.2) is 4.98 Å². The van der Waals surface area contributed by atoms with Gasteiger partial charge in [-0.2, -0.15) is 4.98 Å². The molecule has 0 saturated heterocycles. The maximum Gasteiger partial charge on any atom is 0.229 e. The Kier molecular flexibility index (Phi) is 5.58. The molecular weight excluding hydrogens is 403 g/mol. The zero-order chi connectivity index (χ0) is 18.8. The Bertz CT molecular complexity index is 951. The van der Waals surface area contributed by atoms with Crippen LogP contribution in [0.25, 0.3) is 10.9 Å². The van der Waals surface area contributed by atoms with Gasteiger partial charge in [-0.05, 0) is 49.2 Å². The predicted octanol–water partition coefficient (Wildman–Crippen LogP) is 7.08. The van der Waals surface area contributed by atoms with Gasteiger partial charge in [-0.15, -0.1) is 0 Å². The third-order valence-corrected chi connectivity index (χ3v) is 5.40. The molecule has 2 N–H and O–H groups in total. The molecule has 27 heavy (non-hydrogen) atoms. The van der Waals surface area contributed by atoms with Gasteiger partial charge < -0.3 is 10.6 Å². The first kappa shape index (κ1) is 18.6. The maximum absolute atomic E-state index is 6.18. The molecule has 1 heterocycles. The number of rotatable bonds is 4. The normalized spacial score (nSPS) is 15.1. The van der Waals surface area contributed by atoms with Crippen molar-refractivity contribution in [1.82, 2.24) is 9.97 Å². The number of nitrogens with zero attached hydrogens (tertiary/aromatic N) is 2. The molecule has 0 bridgehead atoms. The van der Waals surface area contributed by atoms with E-state index in [4.69, 9.17) is 39.8 Å². The van der Waals surface area contributed by atoms with Crippen LogP contribution in [0, 0.1) is 0 Å². The highest BCUT2D eigenvalue weighted by Gasteiger charge is 2.16. The third-order valence-electron chi connectivity index (χ3n) is 4.72. The molecule has 0 amide bonds. The molecule has 2 aromatic carbocycles. The van der Waals surface area contributed by atoms with Gasteiger partial charge in [-0.3, -0.25) is 0 Å². The molecule has 3 aromatic rings. The van der Waals surface area contributed by atoms with Crippen molar-refractivity contribution in [3.8, 4) is 0 Å². The highest BCUT2D eigenvalue weighted by molar-refractivity contribution is 6.35. The fraction of sp³-hybridized carbons (Fsp3) is 0.300. The van der Waals surface area contributed by atoms with Crippen LogP contribution in [0.4, 0.5) is 17.5 Å². The van der Waals surface area contributed by atoms with E-state index in [1.165, 1.54) is 19.3 Å². The smallest absolute Gasteiger partial charge is 0.229 e. The Labute approximate surface area is 173 Å². The van der Waals surface area contributed by atoms with Crippen LogP contribution in [0.3, 0.4) is 0 Å². The van der Waals surface area contributed by atoms with E-state index in [0.717, 1.165) is 35.2 Å². The van der Waals surface area contributed by atoms with Crippen LogP contribution in [-0.2, 0) is 0 Å². The van der Waals surface area contributed by atoms with Crippen molar-refractivity contribution in [2.24, 2.45) is 0 Å². The van der Waals surface area contributed by atoms with Gasteiger partial charge in [0.15, 0.2) is 0 Å². The van der Waals surface area contributed by atoms with Crippen LogP contribution < -0.4 is 10.6 Å². The van der Waals surface area contributed by atoms with E-state index < -0.39 is 0 Å². The molecule has 1 aliphatic rings. The van der Waals surface area contributed by atoms with Crippen molar-refractivity contribution in [3.05, 3.63) is 51.5 Å². The molecule has 7 heteroatoms. The van der Waals surface area contributed by atoms with Crippen LogP contribution >= 0.6 is 34.8 Å². The molecular formula is C20H19Cl3N4. The van der Waals surface area contributed by atoms with Crippen molar-refractivity contribution < 1.29 is 0 Å². The summed E-state index contributed by atoms with van der Waals surface area (Å²) in [6.45, 7) is 0. The summed E-state index contributed by atoms with van der Waals surface area (Å²) in [6.07, 6.45) is 6.12. The van der Waals surface area contributed by atoms with Gasteiger partial charge in [0.2, 0.25) is 5.95 Å². The number of nitrogens with one attached hydrogen (secondary N) is 2. The first-order valence-corrected chi connectivity index (χ1v) is 10.2. The molecule has 0 atom stereocenters. The Morgan fingerprint density at radius 1 is 0.815 bits per heavy atom. The number of halogens is 3. The van der Waals surface area contributed by atoms with E-state index in [1.807, 2.05) is 18.2 Å². The summed E-state index contributed by atoms with van der Waals surface area (Å²) >= 11 is 18.4. The van der Waals surface area contributed by atoms with Gasteiger partial charge in [0.25, 0.3) is 0 Å². The lowest BCUT2D eigenvalue weighted by Crippen LogP contribution is -2.23. The highest BCUT2D eigenvalue weighted by atomic mass is 35.5. The second-order valence-electron chi connectivity index (χ2n) is 6.82. The Morgan fingerprint density at radius 3 is 2.30 bits per heavy atom. The first-order valence-electron chi connectivity index (χ1n) is 9.04. The third kappa shape index (κ3) is 4.57. The fourth-order valence-electron chi connectivity index (χ4n) is 3.46. The number of aromatic nitrogens is 2. The number of anilines is 3. The molecule has 1 aliphatic carbocycles. The minimum absolute atomic E-state index is 0.431. The minimum Gasteiger partial charge on any atom is -0.367 e. The van der Waals surface area contributed by atoms with E-state index in [1.54, 1.807) is 18.2 Å². The summed E-state index contributed by atoms with van der Waals surface area (Å²) in [5.74, 6) is 1.29. The van der Waals surface area contributed by atoms with Crippen LogP contribution in [0.1, 0.15) is 32.1 Å². The monoisotopic (exact) mass is 420 g/mol. The summed E-state index contributed by atoms with van der Waals surface area (Å²) in [5.41, 5.74) is 1.52. The molecule has 0 spiro atoms. The molecule has 1 saturated carbocycles. The van der Waals surface area contributed by atoms with Crippen LogP contribution in [0.15, 0.2) is 36.4 Å². The molecule has 4 rings (SSSR count). The number of hydrogen-bond donors (Lipinski definition) is 2. The summed E-state index contributed by atoms with van der Waals surface area (Å²) in [7, 11) is 0. The SMILES string of the molecule is Clc1cc(Cl)cc(Nc2nc(NC3CCCCC3)c3ccc(Cl)cc3n2)c1. The second-order valence-corrected chi connectivity index (χ2v) is 8.13. The van der Waals surface area contributed by atoms with Gasteiger partial charge in [0.1, 0.15) is 5.82 Å². The number of hydrogen-bond acceptors (Lipinski definition) is 4. The van der Waals surface area contributed by atoms with Crippen LogP contribution in [-0.4, -0.2) is 16.0 Å². The van der Waals surface area contributed by atoms with Crippen molar-refractivity contribution >= 4 is 63.2 Å². The molecule has 140 valence electrons. The Balaban J connectivity index is 1.71. The van der Waals surface area contributed by atoms with Gasteiger partial charge in [0.05, 0.1) is 5.52 Å².